The SMILES string of the molecule is CC(C)C1=C[C@H]2C[C@]3(C=O)[C@@H]4CC[C@@H](C)[C@H]4C[C@@]2(C=NOCCCC(F)(F)F)[C@]13C(=O)O. The number of halogens is 3. The van der Waals surface area contributed by atoms with E-state index in [1.807, 2.05) is 19.9 Å². The van der Waals surface area contributed by atoms with Crippen LogP contribution in [0.3, 0.4) is 0 Å². The first kappa shape index (κ1) is 23.3. The number of carboxylic acids is 1. The fourth-order valence-electron chi connectivity index (χ4n) is 8.01. The van der Waals surface area contributed by atoms with Crippen LogP contribution < -0.4 is 0 Å². The third-order valence-electron chi connectivity index (χ3n) is 9.05. The molecule has 0 unspecified atom stereocenters. The van der Waals surface area contributed by atoms with Crippen molar-refractivity contribution in [1.29, 1.82) is 0 Å². The van der Waals surface area contributed by atoms with Crippen LogP contribution in [0.2, 0.25) is 0 Å². The molecule has 3 fully saturated rings. The molecule has 0 radical (unpaired) electrons. The number of aldehydes is 1. The topological polar surface area (TPSA) is 76.0 Å². The molecule has 0 aromatic heterocycles. The average Bonchev–Trinajstić information content (AvgIpc) is 3.27. The monoisotopic (exact) mass is 455 g/mol. The van der Waals surface area contributed by atoms with Gasteiger partial charge in [0.05, 0.1) is 11.6 Å². The highest BCUT2D eigenvalue weighted by Crippen LogP contribution is 2.82. The van der Waals surface area contributed by atoms with Crippen LogP contribution in [0.5, 0.6) is 0 Å². The van der Waals surface area contributed by atoms with E-state index in [-0.39, 0.29) is 36.7 Å². The highest BCUT2D eigenvalue weighted by molar-refractivity contribution is 5.96. The van der Waals surface area contributed by atoms with Crippen LogP contribution in [0.1, 0.15) is 59.3 Å². The normalized spacial score (nSPS) is 42.4. The van der Waals surface area contributed by atoms with Gasteiger partial charge in [0.1, 0.15) is 18.3 Å². The van der Waals surface area contributed by atoms with Crippen LogP contribution in [0.15, 0.2) is 16.8 Å². The number of rotatable bonds is 8. The summed E-state index contributed by atoms with van der Waals surface area (Å²) in [5.41, 5.74) is -2.49. The van der Waals surface area contributed by atoms with Crippen LogP contribution in [-0.4, -0.2) is 36.4 Å². The second-order valence-electron chi connectivity index (χ2n) is 10.7. The summed E-state index contributed by atoms with van der Waals surface area (Å²) >= 11 is 0. The molecule has 0 aromatic rings. The van der Waals surface area contributed by atoms with E-state index in [1.165, 1.54) is 0 Å². The Balaban J connectivity index is 1.74. The van der Waals surface area contributed by atoms with Crippen molar-refractivity contribution in [3.8, 4) is 0 Å². The smallest absolute Gasteiger partial charge is 0.389 e. The number of alkyl halides is 3. The first-order chi connectivity index (χ1) is 15.0. The number of hydrogen-bond acceptors (Lipinski definition) is 4. The Labute approximate surface area is 186 Å². The summed E-state index contributed by atoms with van der Waals surface area (Å²) in [5, 5.41) is 14.8. The first-order valence-corrected chi connectivity index (χ1v) is 11.6. The zero-order valence-corrected chi connectivity index (χ0v) is 18.8. The highest BCUT2D eigenvalue weighted by atomic mass is 19.4. The van der Waals surface area contributed by atoms with Crippen LogP contribution in [0.25, 0.3) is 0 Å². The standard InChI is InChI=1S/C24H32F3NO4/c1-14(2)19-9-16-10-22(13-29)18-6-5-15(3)17(18)11-21(16,24(19,22)20(30)31)12-28-32-8-4-7-23(25,26)27/h9,12-18H,4-8,10-11H2,1-3H3,(H,30,31)/t15-,16+,17-,18-,21+,22+,24-/m1/s1. The fraction of sp³-hybridized carbons (Fsp3) is 0.792. The number of carbonyl (C=O) groups is 2. The predicted molar refractivity (Wildman–Crippen MR) is 112 cm³/mol. The lowest BCUT2D eigenvalue weighted by atomic mass is 9.43. The summed E-state index contributed by atoms with van der Waals surface area (Å²) in [4.78, 5) is 31.2. The Morgan fingerprint density at radius 2 is 2.03 bits per heavy atom. The molecule has 1 N–H and O–H groups in total. The molecule has 4 aliphatic rings. The van der Waals surface area contributed by atoms with Gasteiger partial charge in [-0.25, -0.2) is 0 Å². The van der Waals surface area contributed by atoms with E-state index in [2.05, 4.69) is 12.1 Å². The van der Waals surface area contributed by atoms with Crippen molar-refractivity contribution in [2.24, 2.45) is 51.0 Å². The van der Waals surface area contributed by atoms with E-state index in [4.69, 9.17) is 4.84 Å². The number of fused-ring (bicyclic) bond motifs is 2. The van der Waals surface area contributed by atoms with Gasteiger partial charge in [-0.2, -0.15) is 13.2 Å². The first-order valence-electron chi connectivity index (χ1n) is 11.6. The van der Waals surface area contributed by atoms with Gasteiger partial charge in [-0.15, -0.1) is 0 Å². The molecule has 32 heavy (non-hydrogen) atoms. The molecule has 0 amide bonds. The van der Waals surface area contributed by atoms with Crippen molar-refractivity contribution in [2.45, 2.75) is 65.5 Å². The quantitative estimate of drug-likeness (QED) is 0.178. The molecule has 4 rings (SSSR count). The molecule has 178 valence electrons. The molecule has 8 heteroatoms. The summed E-state index contributed by atoms with van der Waals surface area (Å²) in [6, 6.07) is 0. The summed E-state index contributed by atoms with van der Waals surface area (Å²) in [5.74, 6) is -0.577. The molecule has 0 saturated heterocycles. The van der Waals surface area contributed by atoms with E-state index in [0.717, 1.165) is 24.7 Å². The molecule has 7 atom stereocenters. The molecule has 4 aliphatic carbocycles. The van der Waals surface area contributed by atoms with Crippen LogP contribution >= 0.6 is 0 Å². The van der Waals surface area contributed by atoms with Crippen LogP contribution in [0.4, 0.5) is 13.2 Å². The minimum Gasteiger partial charge on any atom is -0.481 e. The second kappa shape index (κ2) is 7.59. The number of aliphatic carboxylic acids is 1. The van der Waals surface area contributed by atoms with Gasteiger partial charge in [0.15, 0.2) is 0 Å². The molecule has 0 aromatic carbocycles. The Kier molecular flexibility index (Phi) is 5.53. The van der Waals surface area contributed by atoms with Crippen molar-refractivity contribution in [1.82, 2.24) is 0 Å². The van der Waals surface area contributed by atoms with Gasteiger partial charge in [0, 0.05) is 11.8 Å². The summed E-state index contributed by atoms with van der Waals surface area (Å²) in [7, 11) is 0. The van der Waals surface area contributed by atoms with E-state index in [1.54, 1.807) is 6.21 Å². The van der Waals surface area contributed by atoms with E-state index < -0.39 is 34.8 Å². The van der Waals surface area contributed by atoms with Crippen LogP contribution in [-0.2, 0) is 14.4 Å². The maximum absolute atomic E-state index is 13.2. The maximum Gasteiger partial charge on any atom is 0.389 e. The minimum absolute atomic E-state index is 0.0211. The van der Waals surface area contributed by atoms with Gasteiger partial charge in [-0.3, -0.25) is 4.79 Å². The van der Waals surface area contributed by atoms with Gasteiger partial charge >= 0.3 is 12.1 Å². The Morgan fingerprint density at radius 3 is 2.62 bits per heavy atom. The largest absolute Gasteiger partial charge is 0.481 e. The molecular weight excluding hydrogens is 423 g/mol. The number of carboxylic acid groups (broad SMARTS) is 1. The van der Waals surface area contributed by atoms with Crippen molar-refractivity contribution in [3.63, 3.8) is 0 Å². The van der Waals surface area contributed by atoms with Crippen molar-refractivity contribution in [3.05, 3.63) is 11.6 Å². The fourth-order valence-corrected chi connectivity index (χ4v) is 8.01. The molecular formula is C24H32F3NO4. The maximum atomic E-state index is 13.2. The number of oxime groups is 1. The molecule has 0 spiro atoms. The Morgan fingerprint density at radius 1 is 1.31 bits per heavy atom. The third-order valence-corrected chi connectivity index (χ3v) is 9.05. The second-order valence-corrected chi connectivity index (χ2v) is 10.7. The van der Waals surface area contributed by atoms with Crippen molar-refractivity contribution >= 4 is 18.5 Å². The lowest BCUT2D eigenvalue weighted by Crippen LogP contribution is -2.63. The zero-order valence-electron chi connectivity index (χ0n) is 18.8. The number of carbonyl (C=O) groups excluding carboxylic acids is 1. The van der Waals surface area contributed by atoms with Gasteiger partial charge in [0.25, 0.3) is 0 Å². The van der Waals surface area contributed by atoms with Crippen molar-refractivity contribution < 1.29 is 32.7 Å². The summed E-state index contributed by atoms with van der Waals surface area (Å²) in [6.45, 7) is 5.89. The molecule has 3 saturated carbocycles. The van der Waals surface area contributed by atoms with Crippen LogP contribution in [0, 0.1) is 45.8 Å². The summed E-state index contributed by atoms with van der Waals surface area (Å²) in [6.07, 6.45) is 2.01. The van der Waals surface area contributed by atoms with E-state index in [9.17, 15) is 27.9 Å². The predicted octanol–water partition coefficient (Wildman–Crippen LogP) is 5.26. The Hall–Kier alpha value is -1.86. The lowest BCUT2D eigenvalue weighted by Gasteiger charge is -2.57. The number of allylic oxidation sites excluding steroid dienone is 1. The minimum atomic E-state index is -4.25. The van der Waals surface area contributed by atoms with Gasteiger partial charge in [-0.1, -0.05) is 44.0 Å². The third kappa shape index (κ3) is 2.86. The number of hydrogen-bond donors (Lipinski definition) is 1. The Bertz CT molecular complexity index is 853. The summed E-state index contributed by atoms with van der Waals surface area (Å²) < 4.78 is 37.2. The molecule has 0 heterocycles. The molecule has 0 aliphatic heterocycles. The highest BCUT2D eigenvalue weighted by Gasteiger charge is 2.84. The van der Waals surface area contributed by atoms with Crippen molar-refractivity contribution in [2.75, 3.05) is 6.61 Å². The van der Waals surface area contributed by atoms with Gasteiger partial charge in [0.2, 0.25) is 0 Å². The lowest BCUT2D eigenvalue weighted by molar-refractivity contribution is -0.173. The van der Waals surface area contributed by atoms with E-state index >= 15 is 0 Å². The van der Waals surface area contributed by atoms with Gasteiger partial charge < -0.3 is 14.7 Å². The molecule has 5 nitrogen and oxygen atoms in total. The molecule has 4 bridgehead atoms. The van der Waals surface area contributed by atoms with Gasteiger partial charge in [-0.05, 0) is 55.3 Å². The average molecular weight is 456 g/mol. The number of nitrogens with zero attached hydrogens (tertiary/aromatic N) is 1. The zero-order chi connectivity index (χ0) is 23.5. The van der Waals surface area contributed by atoms with E-state index in [0.29, 0.717) is 18.8 Å².